The molecule has 0 bridgehead atoms. The van der Waals surface area contributed by atoms with Crippen LogP contribution >= 0.6 is 0 Å². The molecular weight excluding hydrogens is 300 g/mol. The topological polar surface area (TPSA) is 134 Å². The molecule has 3 aromatic rings. The molecule has 3 rings (SSSR count). The number of amides is 1. The molecule has 2 aromatic heterocycles. The van der Waals surface area contributed by atoms with Gasteiger partial charge in [-0.25, -0.2) is 14.6 Å². The molecule has 1 amide bonds. The monoisotopic (exact) mass is 314 g/mol. The first-order valence-electron chi connectivity index (χ1n) is 6.90. The molecule has 0 radical (unpaired) electrons. The number of H-pyrrole nitrogens is 2. The van der Waals surface area contributed by atoms with Crippen LogP contribution in [-0.2, 0) is 17.8 Å². The SMILES string of the molecule is O=C(NCc1n[nH]c(=O)[nH]1)C(Cc1ccccc1)n1cnnn1. The fraction of sp³-hybridized carbons (Fsp3) is 0.231. The van der Waals surface area contributed by atoms with Crippen LogP contribution < -0.4 is 11.0 Å². The number of aromatic amines is 2. The second kappa shape index (κ2) is 6.64. The van der Waals surface area contributed by atoms with Crippen molar-refractivity contribution in [2.24, 2.45) is 0 Å². The first-order chi connectivity index (χ1) is 11.2. The van der Waals surface area contributed by atoms with E-state index in [1.165, 1.54) is 11.0 Å². The second-order valence-electron chi connectivity index (χ2n) is 4.84. The van der Waals surface area contributed by atoms with Gasteiger partial charge in [0.2, 0.25) is 5.91 Å². The summed E-state index contributed by atoms with van der Waals surface area (Å²) in [6.45, 7) is 0.102. The highest BCUT2D eigenvalue weighted by Gasteiger charge is 2.22. The number of rotatable bonds is 6. The van der Waals surface area contributed by atoms with Gasteiger partial charge < -0.3 is 5.32 Å². The first-order valence-corrected chi connectivity index (χ1v) is 6.90. The van der Waals surface area contributed by atoms with Crippen molar-refractivity contribution in [1.82, 2.24) is 40.7 Å². The van der Waals surface area contributed by atoms with E-state index in [9.17, 15) is 9.59 Å². The molecule has 0 fully saturated rings. The highest BCUT2D eigenvalue weighted by molar-refractivity contribution is 5.80. The molecule has 0 aliphatic carbocycles. The van der Waals surface area contributed by atoms with Crippen LogP contribution in [0.3, 0.4) is 0 Å². The number of aromatic nitrogens is 7. The smallest absolute Gasteiger partial charge is 0.340 e. The van der Waals surface area contributed by atoms with Gasteiger partial charge in [-0.05, 0) is 16.0 Å². The number of carbonyl (C=O) groups is 1. The molecule has 10 nitrogen and oxygen atoms in total. The molecule has 118 valence electrons. The Balaban J connectivity index is 1.72. The maximum Gasteiger partial charge on any atom is 0.340 e. The molecule has 3 N–H and O–H groups in total. The molecule has 1 aromatic carbocycles. The lowest BCUT2D eigenvalue weighted by molar-refractivity contribution is -0.124. The highest BCUT2D eigenvalue weighted by Crippen LogP contribution is 2.13. The van der Waals surface area contributed by atoms with Crippen molar-refractivity contribution in [3.05, 3.63) is 58.5 Å². The van der Waals surface area contributed by atoms with Crippen LogP contribution in [0.2, 0.25) is 0 Å². The Morgan fingerprint density at radius 1 is 1.30 bits per heavy atom. The van der Waals surface area contributed by atoms with Gasteiger partial charge in [0.1, 0.15) is 18.2 Å². The lowest BCUT2D eigenvalue weighted by Crippen LogP contribution is -2.34. The number of hydrogen-bond acceptors (Lipinski definition) is 6. The summed E-state index contributed by atoms with van der Waals surface area (Å²) in [5, 5.41) is 19.7. The summed E-state index contributed by atoms with van der Waals surface area (Å²) in [4.78, 5) is 25.9. The molecule has 0 aliphatic heterocycles. The zero-order valence-corrected chi connectivity index (χ0v) is 12.0. The van der Waals surface area contributed by atoms with Crippen molar-refractivity contribution < 1.29 is 4.79 Å². The molecule has 23 heavy (non-hydrogen) atoms. The average Bonchev–Trinajstić information content (AvgIpc) is 3.23. The molecule has 0 aliphatic rings. The maximum atomic E-state index is 12.5. The second-order valence-corrected chi connectivity index (χ2v) is 4.84. The van der Waals surface area contributed by atoms with Crippen molar-refractivity contribution >= 4 is 5.91 Å². The Hall–Kier alpha value is -3.30. The Kier molecular flexibility index (Phi) is 4.22. The minimum Gasteiger partial charge on any atom is -0.347 e. The van der Waals surface area contributed by atoms with Crippen LogP contribution in [-0.4, -0.2) is 41.3 Å². The van der Waals surface area contributed by atoms with Gasteiger partial charge in [0.05, 0.1) is 6.54 Å². The van der Waals surface area contributed by atoms with E-state index in [4.69, 9.17) is 0 Å². The summed E-state index contributed by atoms with van der Waals surface area (Å²) in [7, 11) is 0. The number of benzene rings is 1. The van der Waals surface area contributed by atoms with E-state index >= 15 is 0 Å². The quantitative estimate of drug-likeness (QED) is 0.544. The Morgan fingerprint density at radius 3 is 2.78 bits per heavy atom. The average molecular weight is 314 g/mol. The first kappa shape index (κ1) is 14.6. The van der Waals surface area contributed by atoms with Crippen LogP contribution in [0.1, 0.15) is 17.4 Å². The van der Waals surface area contributed by atoms with E-state index in [1.807, 2.05) is 30.3 Å². The van der Waals surface area contributed by atoms with Crippen LogP contribution in [0, 0.1) is 0 Å². The summed E-state index contributed by atoms with van der Waals surface area (Å²) in [6.07, 6.45) is 1.83. The van der Waals surface area contributed by atoms with Crippen LogP contribution in [0.5, 0.6) is 0 Å². The minimum absolute atomic E-state index is 0.102. The van der Waals surface area contributed by atoms with E-state index in [0.29, 0.717) is 12.2 Å². The Bertz CT molecular complexity index is 808. The molecule has 10 heteroatoms. The van der Waals surface area contributed by atoms with Gasteiger partial charge in [-0.15, -0.1) is 5.10 Å². The van der Waals surface area contributed by atoms with Crippen LogP contribution in [0.15, 0.2) is 41.5 Å². The molecule has 0 spiro atoms. The minimum atomic E-state index is -0.599. The molecule has 2 heterocycles. The lowest BCUT2D eigenvalue weighted by atomic mass is 10.1. The van der Waals surface area contributed by atoms with Gasteiger partial charge in [0.15, 0.2) is 0 Å². The zero-order valence-electron chi connectivity index (χ0n) is 12.0. The van der Waals surface area contributed by atoms with E-state index in [2.05, 4.69) is 36.0 Å². The van der Waals surface area contributed by atoms with E-state index < -0.39 is 11.7 Å². The third kappa shape index (κ3) is 3.67. The van der Waals surface area contributed by atoms with Crippen LogP contribution in [0.25, 0.3) is 0 Å². The molecule has 0 saturated heterocycles. The van der Waals surface area contributed by atoms with Gasteiger partial charge in [0.25, 0.3) is 0 Å². The van der Waals surface area contributed by atoms with Gasteiger partial charge in [-0.3, -0.25) is 9.78 Å². The van der Waals surface area contributed by atoms with Crippen molar-refractivity contribution in [2.75, 3.05) is 0 Å². The zero-order chi connectivity index (χ0) is 16.1. The summed E-state index contributed by atoms with van der Waals surface area (Å²) in [6, 6.07) is 8.96. The summed E-state index contributed by atoms with van der Waals surface area (Å²) in [5.41, 5.74) is 0.562. The predicted molar refractivity (Wildman–Crippen MR) is 78.1 cm³/mol. The van der Waals surface area contributed by atoms with Crippen molar-refractivity contribution in [3.63, 3.8) is 0 Å². The molecular formula is C13H14N8O2. The Labute approximate surface area is 129 Å². The van der Waals surface area contributed by atoms with E-state index in [1.54, 1.807) is 0 Å². The highest BCUT2D eigenvalue weighted by atomic mass is 16.2. The number of tetrazole rings is 1. The van der Waals surface area contributed by atoms with Gasteiger partial charge in [-0.1, -0.05) is 30.3 Å². The summed E-state index contributed by atoms with van der Waals surface area (Å²) in [5.74, 6) is 0.0727. The number of nitrogens with zero attached hydrogens (tertiary/aromatic N) is 5. The van der Waals surface area contributed by atoms with E-state index in [-0.39, 0.29) is 12.5 Å². The predicted octanol–water partition coefficient (Wildman–Crippen LogP) is -0.815. The van der Waals surface area contributed by atoms with E-state index in [0.717, 1.165) is 5.56 Å². The summed E-state index contributed by atoms with van der Waals surface area (Å²) >= 11 is 0. The third-order valence-corrected chi connectivity index (χ3v) is 3.24. The lowest BCUT2D eigenvalue weighted by Gasteiger charge is -2.15. The van der Waals surface area contributed by atoms with Crippen molar-refractivity contribution in [2.45, 2.75) is 19.0 Å². The van der Waals surface area contributed by atoms with Crippen molar-refractivity contribution in [1.29, 1.82) is 0 Å². The summed E-state index contributed by atoms with van der Waals surface area (Å²) < 4.78 is 1.40. The van der Waals surface area contributed by atoms with Gasteiger partial charge in [-0.2, -0.15) is 5.10 Å². The number of nitrogens with one attached hydrogen (secondary N) is 3. The normalized spacial score (nSPS) is 12.0. The standard InChI is InChI=1S/C13H14N8O2/c22-12(14-7-11-16-13(23)18-17-11)10(21-8-15-19-20-21)6-9-4-2-1-3-5-9/h1-5,8,10H,6-7H2,(H,14,22)(H2,16,17,18,23). The van der Waals surface area contributed by atoms with Crippen LogP contribution in [0.4, 0.5) is 0 Å². The molecule has 0 saturated carbocycles. The number of hydrogen-bond donors (Lipinski definition) is 3. The number of carbonyl (C=O) groups excluding carboxylic acids is 1. The molecule has 1 unspecified atom stereocenters. The fourth-order valence-electron chi connectivity index (χ4n) is 2.13. The van der Waals surface area contributed by atoms with Crippen molar-refractivity contribution in [3.8, 4) is 0 Å². The third-order valence-electron chi connectivity index (χ3n) is 3.24. The Morgan fingerprint density at radius 2 is 2.13 bits per heavy atom. The largest absolute Gasteiger partial charge is 0.347 e. The van der Waals surface area contributed by atoms with Gasteiger partial charge >= 0.3 is 5.69 Å². The fourth-order valence-corrected chi connectivity index (χ4v) is 2.13. The molecule has 1 atom stereocenters. The van der Waals surface area contributed by atoms with Gasteiger partial charge in [0, 0.05) is 6.42 Å². The maximum absolute atomic E-state index is 12.5.